The summed E-state index contributed by atoms with van der Waals surface area (Å²) in [5.41, 5.74) is 2.25. The number of aryl methyl sites for hydroxylation is 3. The summed E-state index contributed by atoms with van der Waals surface area (Å²) in [5, 5.41) is 3.74. The molecule has 0 bridgehead atoms. The smallest absolute Gasteiger partial charge is 0.332 e. The highest BCUT2D eigenvalue weighted by atomic mass is 16.3. The molecule has 4 aromatic rings. The zero-order valence-corrected chi connectivity index (χ0v) is 16.6. The van der Waals surface area contributed by atoms with Crippen molar-refractivity contribution >= 4 is 28.0 Å². The molecule has 150 valence electrons. The minimum Gasteiger partial charge on any atom is -0.451 e. The third-order valence-electron chi connectivity index (χ3n) is 5.09. The van der Waals surface area contributed by atoms with Gasteiger partial charge in [-0.05, 0) is 26.0 Å². The van der Waals surface area contributed by atoms with Crippen LogP contribution in [0.5, 0.6) is 0 Å². The third kappa shape index (κ3) is 3.04. The lowest BCUT2D eigenvalue weighted by Gasteiger charge is -2.02. The number of hydrogen-bond acceptors (Lipinski definition) is 5. The Labute approximate surface area is 165 Å². The third-order valence-corrected chi connectivity index (χ3v) is 5.09. The first-order chi connectivity index (χ1) is 13.8. The van der Waals surface area contributed by atoms with E-state index in [4.69, 9.17) is 4.42 Å². The van der Waals surface area contributed by atoms with Crippen molar-refractivity contribution < 1.29 is 9.21 Å². The van der Waals surface area contributed by atoms with E-state index in [9.17, 15) is 14.4 Å². The Balaban J connectivity index is 1.52. The van der Waals surface area contributed by atoms with E-state index in [-0.39, 0.29) is 17.2 Å². The molecule has 0 saturated heterocycles. The Kier molecular flexibility index (Phi) is 4.37. The van der Waals surface area contributed by atoms with Crippen molar-refractivity contribution in [2.45, 2.75) is 20.3 Å². The largest absolute Gasteiger partial charge is 0.451 e. The summed E-state index contributed by atoms with van der Waals surface area (Å²) in [6.45, 7) is 4.14. The van der Waals surface area contributed by atoms with Crippen LogP contribution in [0.1, 0.15) is 27.5 Å². The maximum absolute atomic E-state index is 12.5. The van der Waals surface area contributed by atoms with Gasteiger partial charge in [-0.2, -0.15) is 0 Å². The fraction of sp³-hybridized carbons (Fsp3) is 0.300. The lowest BCUT2D eigenvalue weighted by Crippen LogP contribution is -2.36. The fourth-order valence-corrected chi connectivity index (χ4v) is 3.42. The van der Waals surface area contributed by atoms with Crippen LogP contribution in [0, 0.1) is 13.8 Å². The van der Waals surface area contributed by atoms with Crippen LogP contribution in [0.25, 0.3) is 22.1 Å². The molecule has 2 N–H and O–H groups in total. The van der Waals surface area contributed by atoms with Gasteiger partial charge in [0.1, 0.15) is 16.9 Å². The zero-order valence-electron chi connectivity index (χ0n) is 16.6. The number of carbonyl (C=O) groups excluding carboxylic acids is 1. The van der Waals surface area contributed by atoms with Crippen molar-refractivity contribution in [3.05, 3.63) is 61.7 Å². The predicted octanol–water partition coefficient (Wildman–Crippen LogP) is 1.30. The molecular weight excluding hydrogens is 374 g/mol. The van der Waals surface area contributed by atoms with E-state index in [2.05, 4.69) is 15.3 Å². The fourth-order valence-electron chi connectivity index (χ4n) is 3.42. The average Bonchev–Trinajstić information content (AvgIpc) is 3.26. The van der Waals surface area contributed by atoms with Crippen molar-refractivity contribution in [2.75, 3.05) is 6.54 Å². The molecule has 0 aliphatic heterocycles. The summed E-state index contributed by atoms with van der Waals surface area (Å²) in [6, 6.07) is 5.78. The van der Waals surface area contributed by atoms with Gasteiger partial charge < -0.3 is 14.7 Å². The van der Waals surface area contributed by atoms with Crippen LogP contribution in [-0.4, -0.2) is 31.6 Å². The van der Waals surface area contributed by atoms with Gasteiger partial charge in [-0.25, -0.2) is 9.78 Å². The molecule has 4 rings (SSSR count). The number of carbonyl (C=O) groups is 1. The number of hydrogen-bond donors (Lipinski definition) is 2. The molecule has 0 atom stereocenters. The van der Waals surface area contributed by atoms with Crippen LogP contribution in [0.3, 0.4) is 0 Å². The SMILES string of the molecule is Cc1ccc2oc(C(=O)NCCc3nc4c([nH]3)c(=O)n(C)c(=O)n4C)c(C)c2c1. The van der Waals surface area contributed by atoms with E-state index in [1.807, 2.05) is 32.0 Å². The van der Waals surface area contributed by atoms with E-state index >= 15 is 0 Å². The number of benzene rings is 1. The molecule has 0 aliphatic rings. The second kappa shape index (κ2) is 6.77. The summed E-state index contributed by atoms with van der Waals surface area (Å²) in [6.07, 6.45) is 0.371. The van der Waals surface area contributed by atoms with E-state index in [1.165, 1.54) is 11.6 Å². The summed E-state index contributed by atoms with van der Waals surface area (Å²) in [7, 11) is 2.98. The van der Waals surface area contributed by atoms with Gasteiger partial charge in [-0.3, -0.25) is 18.7 Å². The van der Waals surface area contributed by atoms with Crippen LogP contribution in [0.15, 0.2) is 32.2 Å². The summed E-state index contributed by atoms with van der Waals surface area (Å²) in [4.78, 5) is 44.0. The van der Waals surface area contributed by atoms with E-state index < -0.39 is 11.2 Å². The molecule has 0 spiro atoms. The summed E-state index contributed by atoms with van der Waals surface area (Å²) >= 11 is 0. The number of amides is 1. The molecule has 3 aromatic heterocycles. The van der Waals surface area contributed by atoms with Crippen LogP contribution in [0.2, 0.25) is 0 Å². The molecule has 29 heavy (non-hydrogen) atoms. The van der Waals surface area contributed by atoms with Gasteiger partial charge in [0.15, 0.2) is 11.4 Å². The first-order valence-electron chi connectivity index (χ1n) is 9.20. The molecular formula is C20H21N5O4. The Morgan fingerprint density at radius 3 is 2.72 bits per heavy atom. The molecule has 0 unspecified atom stereocenters. The van der Waals surface area contributed by atoms with Crippen molar-refractivity contribution in [3.63, 3.8) is 0 Å². The maximum atomic E-state index is 12.5. The predicted molar refractivity (Wildman–Crippen MR) is 108 cm³/mol. The molecule has 0 radical (unpaired) electrons. The number of H-pyrrole nitrogens is 1. The lowest BCUT2D eigenvalue weighted by molar-refractivity contribution is 0.0927. The number of nitrogens with zero attached hydrogens (tertiary/aromatic N) is 3. The van der Waals surface area contributed by atoms with Gasteiger partial charge in [-0.15, -0.1) is 0 Å². The van der Waals surface area contributed by atoms with Crippen LogP contribution in [-0.2, 0) is 20.5 Å². The number of aromatic nitrogens is 4. The number of imidazole rings is 1. The highest BCUT2D eigenvalue weighted by Crippen LogP contribution is 2.26. The number of nitrogens with one attached hydrogen (secondary N) is 2. The second-order valence-electron chi connectivity index (χ2n) is 7.15. The van der Waals surface area contributed by atoms with Gasteiger partial charge >= 0.3 is 5.69 Å². The minimum absolute atomic E-state index is 0.263. The Morgan fingerprint density at radius 1 is 1.21 bits per heavy atom. The normalized spacial score (nSPS) is 11.4. The monoisotopic (exact) mass is 395 g/mol. The Morgan fingerprint density at radius 2 is 1.97 bits per heavy atom. The first-order valence-corrected chi connectivity index (χ1v) is 9.20. The van der Waals surface area contributed by atoms with Crippen LogP contribution >= 0.6 is 0 Å². The quantitative estimate of drug-likeness (QED) is 0.540. The molecule has 1 amide bonds. The number of fused-ring (bicyclic) bond motifs is 2. The van der Waals surface area contributed by atoms with Crippen molar-refractivity contribution in [1.82, 2.24) is 24.4 Å². The van der Waals surface area contributed by atoms with Gasteiger partial charge in [0.05, 0.1) is 0 Å². The molecule has 0 aliphatic carbocycles. The minimum atomic E-state index is -0.440. The standard InChI is InChI=1S/C20H21N5O4/c1-10-5-6-13-12(9-10)11(2)16(29-13)18(26)21-8-7-14-22-15-17(23-14)24(3)20(28)25(4)19(15)27/h5-6,9H,7-8H2,1-4H3,(H,21,26)(H,22,23). The van der Waals surface area contributed by atoms with Gasteiger partial charge in [0, 0.05) is 38.0 Å². The zero-order chi connectivity index (χ0) is 20.9. The Bertz CT molecular complexity index is 1390. The lowest BCUT2D eigenvalue weighted by atomic mass is 10.1. The average molecular weight is 395 g/mol. The molecule has 0 saturated carbocycles. The van der Waals surface area contributed by atoms with E-state index in [0.29, 0.717) is 30.0 Å². The molecule has 9 nitrogen and oxygen atoms in total. The van der Waals surface area contributed by atoms with E-state index in [1.54, 1.807) is 7.05 Å². The highest BCUT2D eigenvalue weighted by molar-refractivity contribution is 5.99. The Hall–Kier alpha value is -3.62. The highest BCUT2D eigenvalue weighted by Gasteiger charge is 2.18. The number of aromatic amines is 1. The van der Waals surface area contributed by atoms with Crippen molar-refractivity contribution in [1.29, 1.82) is 0 Å². The topological polar surface area (TPSA) is 115 Å². The molecule has 9 heteroatoms. The first kappa shape index (κ1) is 18.7. The number of rotatable bonds is 4. The molecule has 1 aromatic carbocycles. The van der Waals surface area contributed by atoms with Gasteiger partial charge in [0.2, 0.25) is 0 Å². The van der Waals surface area contributed by atoms with Crippen LogP contribution < -0.4 is 16.6 Å². The molecule has 0 fully saturated rings. The van der Waals surface area contributed by atoms with Crippen molar-refractivity contribution in [3.8, 4) is 0 Å². The van der Waals surface area contributed by atoms with Crippen LogP contribution in [0.4, 0.5) is 0 Å². The number of furan rings is 1. The van der Waals surface area contributed by atoms with E-state index in [0.717, 1.165) is 21.1 Å². The second-order valence-corrected chi connectivity index (χ2v) is 7.15. The summed E-state index contributed by atoms with van der Waals surface area (Å²) in [5.74, 6) is 0.484. The van der Waals surface area contributed by atoms with Crippen molar-refractivity contribution in [2.24, 2.45) is 14.1 Å². The van der Waals surface area contributed by atoms with Gasteiger partial charge in [0.25, 0.3) is 11.5 Å². The molecule has 3 heterocycles. The summed E-state index contributed by atoms with van der Waals surface area (Å²) < 4.78 is 8.05. The maximum Gasteiger partial charge on any atom is 0.332 e. The van der Waals surface area contributed by atoms with Gasteiger partial charge in [-0.1, -0.05) is 11.6 Å².